The van der Waals surface area contributed by atoms with E-state index < -0.39 is 6.61 Å². The second kappa shape index (κ2) is 8.56. The summed E-state index contributed by atoms with van der Waals surface area (Å²) in [4.78, 5) is 12.6. The van der Waals surface area contributed by atoms with E-state index in [-0.39, 0.29) is 17.4 Å². The number of hydrogen-bond acceptors (Lipinski definition) is 4. The molecule has 4 aromatic rings. The summed E-state index contributed by atoms with van der Waals surface area (Å²) in [6.45, 7) is -2.29. The van der Waals surface area contributed by atoms with Crippen LogP contribution < -0.4 is 10.1 Å². The van der Waals surface area contributed by atoms with Gasteiger partial charge in [-0.05, 0) is 54.1 Å². The highest BCUT2D eigenvalue weighted by atomic mass is 19.3. The quantitative estimate of drug-likeness (QED) is 0.480. The predicted octanol–water partition coefficient (Wildman–Crippen LogP) is 4.18. The Morgan fingerprint density at radius 1 is 1.13 bits per heavy atom. The molecule has 0 saturated heterocycles. The molecule has 0 aliphatic rings. The maximum atomic E-state index is 12.6. The van der Waals surface area contributed by atoms with Crippen LogP contribution in [0.1, 0.15) is 16.1 Å². The Morgan fingerprint density at radius 3 is 2.70 bits per heavy atom. The van der Waals surface area contributed by atoms with Gasteiger partial charge in [-0.1, -0.05) is 12.1 Å². The van der Waals surface area contributed by atoms with Crippen LogP contribution in [0.4, 0.5) is 14.5 Å². The van der Waals surface area contributed by atoms with Crippen LogP contribution in [0.25, 0.3) is 11.3 Å². The zero-order chi connectivity index (χ0) is 20.9. The molecule has 30 heavy (non-hydrogen) atoms. The van der Waals surface area contributed by atoms with E-state index in [0.717, 1.165) is 5.56 Å². The Bertz CT molecular complexity index is 1120. The summed E-state index contributed by atoms with van der Waals surface area (Å²) in [6, 6.07) is 16.9. The van der Waals surface area contributed by atoms with Crippen molar-refractivity contribution in [2.45, 2.75) is 13.2 Å². The van der Waals surface area contributed by atoms with Crippen LogP contribution in [0, 0.1) is 0 Å². The molecule has 2 aromatic heterocycles. The van der Waals surface area contributed by atoms with E-state index in [2.05, 4.69) is 25.3 Å². The molecule has 152 valence electrons. The highest BCUT2D eigenvalue weighted by molar-refractivity contribution is 6.03. The number of amides is 1. The van der Waals surface area contributed by atoms with Gasteiger partial charge in [-0.15, -0.1) is 0 Å². The Hall–Kier alpha value is -4.01. The number of ether oxygens (including phenoxy) is 1. The summed E-state index contributed by atoms with van der Waals surface area (Å²) < 4.78 is 30.6. The largest absolute Gasteiger partial charge is 0.435 e. The minimum absolute atomic E-state index is 0.0530. The predicted molar refractivity (Wildman–Crippen MR) is 106 cm³/mol. The first kappa shape index (κ1) is 19.3. The molecule has 0 spiro atoms. The summed E-state index contributed by atoms with van der Waals surface area (Å²) >= 11 is 0. The minimum Gasteiger partial charge on any atom is -0.435 e. The van der Waals surface area contributed by atoms with Gasteiger partial charge in [0.25, 0.3) is 5.91 Å². The third-order valence-electron chi connectivity index (χ3n) is 4.29. The van der Waals surface area contributed by atoms with Gasteiger partial charge >= 0.3 is 6.61 Å². The third kappa shape index (κ3) is 4.69. The molecule has 0 fully saturated rings. The molecule has 0 radical (unpaired) electrons. The highest BCUT2D eigenvalue weighted by Gasteiger charge is 2.12. The van der Waals surface area contributed by atoms with Gasteiger partial charge in [-0.25, -0.2) is 0 Å². The molecule has 0 bridgehead atoms. The van der Waals surface area contributed by atoms with Crippen molar-refractivity contribution in [3.05, 3.63) is 84.3 Å². The Morgan fingerprint density at radius 2 is 1.97 bits per heavy atom. The monoisotopic (exact) mass is 409 g/mol. The maximum absolute atomic E-state index is 12.6. The van der Waals surface area contributed by atoms with E-state index in [1.165, 1.54) is 12.1 Å². The molecule has 2 aromatic carbocycles. The van der Waals surface area contributed by atoms with E-state index in [9.17, 15) is 13.6 Å². The number of carbonyl (C=O) groups is 1. The molecular formula is C21H17F2N5O2. The summed E-state index contributed by atoms with van der Waals surface area (Å²) in [7, 11) is 0. The zero-order valence-electron chi connectivity index (χ0n) is 15.6. The molecule has 2 heterocycles. The first-order valence-corrected chi connectivity index (χ1v) is 9.05. The number of rotatable bonds is 7. The van der Waals surface area contributed by atoms with Gasteiger partial charge < -0.3 is 10.1 Å². The molecule has 4 rings (SSSR count). The van der Waals surface area contributed by atoms with E-state index >= 15 is 0 Å². The lowest BCUT2D eigenvalue weighted by Crippen LogP contribution is -2.12. The topological polar surface area (TPSA) is 84.8 Å². The fraction of sp³-hybridized carbons (Fsp3) is 0.0952. The SMILES string of the molecule is O=C(Nc1cccc(Cn2cccn2)c1)c1cc(-c2ccc(OC(F)F)cc2)n[nH]1. The molecule has 0 aliphatic carbocycles. The second-order valence-electron chi connectivity index (χ2n) is 6.43. The van der Waals surface area contributed by atoms with Crippen molar-refractivity contribution in [2.24, 2.45) is 0 Å². The molecule has 0 unspecified atom stereocenters. The zero-order valence-corrected chi connectivity index (χ0v) is 15.6. The molecule has 0 aliphatic heterocycles. The van der Waals surface area contributed by atoms with Gasteiger partial charge in [-0.3, -0.25) is 14.6 Å². The number of hydrogen-bond donors (Lipinski definition) is 2. The maximum Gasteiger partial charge on any atom is 0.387 e. The normalized spacial score (nSPS) is 10.9. The number of anilines is 1. The van der Waals surface area contributed by atoms with E-state index in [1.54, 1.807) is 35.1 Å². The van der Waals surface area contributed by atoms with Crippen LogP contribution in [0.2, 0.25) is 0 Å². The minimum atomic E-state index is -2.88. The van der Waals surface area contributed by atoms with Crippen molar-refractivity contribution >= 4 is 11.6 Å². The van der Waals surface area contributed by atoms with Crippen molar-refractivity contribution in [3.63, 3.8) is 0 Å². The average Bonchev–Trinajstić information content (AvgIpc) is 3.41. The number of H-pyrrole nitrogens is 1. The number of halogens is 2. The first-order chi connectivity index (χ1) is 14.6. The number of benzene rings is 2. The summed E-state index contributed by atoms with van der Waals surface area (Å²) in [5.41, 5.74) is 3.09. The van der Waals surface area contributed by atoms with Crippen LogP contribution in [0.15, 0.2) is 73.1 Å². The third-order valence-corrected chi connectivity index (χ3v) is 4.29. The van der Waals surface area contributed by atoms with Crippen molar-refractivity contribution in [2.75, 3.05) is 5.32 Å². The Labute approximate surface area is 170 Å². The number of carbonyl (C=O) groups excluding carboxylic acids is 1. The number of aromatic amines is 1. The number of alkyl halides is 2. The lowest BCUT2D eigenvalue weighted by atomic mass is 10.1. The number of aromatic nitrogens is 4. The van der Waals surface area contributed by atoms with Gasteiger partial charge in [0.1, 0.15) is 11.4 Å². The fourth-order valence-electron chi connectivity index (χ4n) is 2.92. The summed E-state index contributed by atoms with van der Waals surface area (Å²) in [5.74, 6) is -0.292. The summed E-state index contributed by atoms with van der Waals surface area (Å²) in [5, 5.41) is 13.8. The Balaban J connectivity index is 1.43. The van der Waals surface area contributed by atoms with Gasteiger partial charge in [0.05, 0.1) is 12.2 Å². The van der Waals surface area contributed by atoms with Crippen LogP contribution in [0.5, 0.6) is 5.75 Å². The van der Waals surface area contributed by atoms with Gasteiger partial charge in [0, 0.05) is 23.6 Å². The van der Waals surface area contributed by atoms with Crippen molar-refractivity contribution in [3.8, 4) is 17.0 Å². The van der Waals surface area contributed by atoms with Crippen molar-refractivity contribution < 1.29 is 18.3 Å². The first-order valence-electron chi connectivity index (χ1n) is 9.05. The van der Waals surface area contributed by atoms with Gasteiger partial charge in [0.2, 0.25) is 0 Å². The summed E-state index contributed by atoms with van der Waals surface area (Å²) in [6.07, 6.45) is 3.57. The van der Waals surface area contributed by atoms with Crippen molar-refractivity contribution in [1.29, 1.82) is 0 Å². The lowest BCUT2D eigenvalue weighted by Gasteiger charge is -2.07. The Kier molecular flexibility index (Phi) is 5.51. The molecule has 2 N–H and O–H groups in total. The average molecular weight is 409 g/mol. The number of nitrogens with one attached hydrogen (secondary N) is 2. The molecule has 1 amide bonds. The van der Waals surface area contributed by atoms with Crippen LogP contribution in [0.3, 0.4) is 0 Å². The van der Waals surface area contributed by atoms with Crippen LogP contribution in [-0.4, -0.2) is 32.5 Å². The molecule has 0 saturated carbocycles. The van der Waals surface area contributed by atoms with Crippen LogP contribution >= 0.6 is 0 Å². The van der Waals surface area contributed by atoms with Gasteiger partial charge in [0.15, 0.2) is 0 Å². The molecule has 0 atom stereocenters. The van der Waals surface area contributed by atoms with E-state index in [0.29, 0.717) is 23.5 Å². The highest BCUT2D eigenvalue weighted by Crippen LogP contribution is 2.23. The standard InChI is InChI=1S/C21H17F2N5O2/c22-21(23)30-17-7-5-15(6-8-17)18-12-19(27-26-18)20(29)25-16-4-1-3-14(11-16)13-28-10-2-9-24-28/h1-12,21H,13H2,(H,25,29)(H,26,27). The fourth-order valence-corrected chi connectivity index (χ4v) is 2.92. The smallest absolute Gasteiger partial charge is 0.387 e. The molecule has 9 heteroatoms. The van der Waals surface area contributed by atoms with Gasteiger partial charge in [-0.2, -0.15) is 19.0 Å². The van der Waals surface area contributed by atoms with Crippen LogP contribution in [-0.2, 0) is 6.54 Å². The lowest BCUT2D eigenvalue weighted by molar-refractivity contribution is -0.0498. The number of nitrogens with zero attached hydrogens (tertiary/aromatic N) is 3. The molecule has 7 nitrogen and oxygen atoms in total. The second-order valence-corrected chi connectivity index (χ2v) is 6.43. The molecular weight excluding hydrogens is 392 g/mol. The van der Waals surface area contributed by atoms with E-state index in [1.807, 2.05) is 30.5 Å². The van der Waals surface area contributed by atoms with Crippen molar-refractivity contribution in [1.82, 2.24) is 20.0 Å². The van der Waals surface area contributed by atoms with E-state index in [4.69, 9.17) is 0 Å².